The van der Waals surface area contributed by atoms with E-state index in [0.717, 1.165) is 0 Å². The van der Waals surface area contributed by atoms with Crippen LogP contribution in [0.15, 0.2) is 18.2 Å². The van der Waals surface area contributed by atoms with Gasteiger partial charge in [-0.2, -0.15) is 0 Å². The molecule has 1 rings (SSSR count). The van der Waals surface area contributed by atoms with Crippen molar-refractivity contribution in [3.05, 3.63) is 23.9 Å². The number of nitrogens with zero attached hydrogens (tertiary/aromatic N) is 1. The number of carbonyl (C=O) groups is 2. The fourth-order valence-electron chi connectivity index (χ4n) is 1.19. The largest absolute Gasteiger partial charge is 0.466 e. The molecule has 1 aromatic rings. The number of carbonyl (C=O) groups excluding carboxylic acids is 2. The highest BCUT2D eigenvalue weighted by Crippen LogP contribution is 2.05. The third-order valence-electron chi connectivity index (χ3n) is 1.74. The van der Waals surface area contributed by atoms with E-state index in [4.69, 9.17) is 4.74 Å². The third-order valence-corrected chi connectivity index (χ3v) is 1.74. The van der Waals surface area contributed by atoms with Crippen LogP contribution in [0.4, 0.5) is 5.82 Å². The molecule has 1 heterocycles. The van der Waals surface area contributed by atoms with Crippen LogP contribution in [0.1, 0.15) is 19.5 Å². The van der Waals surface area contributed by atoms with Crippen LogP contribution >= 0.6 is 0 Å². The molecule has 0 aliphatic heterocycles. The van der Waals surface area contributed by atoms with Crippen LogP contribution in [0, 0.1) is 0 Å². The normalized spacial score (nSPS) is 9.62. The quantitative estimate of drug-likeness (QED) is 0.776. The van der Waals surface area contributed by atoms with Crippen LogP contribution in [0.3, 0.4) is 0 Å². The molecule has 0 spiro atoms. The molecule has 0 bridgehead atoms. The third kappa shape index (κ3) is 4.08. The molecule has 0 aromatic carbocycles. The van der Waals surface area contributed by atoms with E-state index in [1.54, 1.807) is 25.1 Å². The average molecular weight is 222 g/mol. The summed E-state index contributed by atoms with van der Waals surface area (Å²) in [6, 6.07) is 5.10. The van der Waals surface area contributed by atoms with Crippen molar-refractivity contribution in [2.24, 2.45) is 0 Å². The van der Waals surface area contributed by atoms with Crippen LogP contribution in [-0.4, -0.2) is 23.5 Å². The number of ether oxygens (including phenoxy) is 1. The fourth-order valence-corrected chi connectivity index (χ4v) is 1.19. The Labute approximate surface area is 93.8 Å². The zero-order valence-electron chi connectivity index (χ0n) is 9.32. The van der Waals surface area contributed by atoms with Gasteiger partial charge in [0.25, 0.3) is 0 Å². The maximum absolute atomic E-state index is 11.2. The number of hydrogen-bond acceptors (Lipinski definition) is 4. The van der Waals surface area contributed by atoms with Crippen molar-refractivity contribution in [1.82, 2.24) is 4.98 Å². The highest BCUT2D eigenvalue weighted by Gasteiger charge is 2.06. The summed E-state index contributed by atoms with van der Waals surface area (Å²) in [6.07, 6.45) is 0.112. The molecule has 0 saturated carbocycles. The molecule has 0 atom stereocenters. The van der Waals surface area contributed by atoms with Gasteiger partial charge in [0, 0.05) is 6.92 Å². The first-order valence-corrected chi connectivity index (χ1v) is 5.01. The molecule has 5 heteroatoms. The van der Waals surface area contributed by atoms with E-state index in [1.165, 1.54) is 6.92 Å². The Bertz CT molecular complexity index is 391. The Balaban J connectivity index is 2.67. The van der Waals surface area contributed by atoms with Crippen LogP contribution < -0.4 is 5.32 Å². The molecule has 0 saturated heterocycles. The Hall–Kier alpha value is -1.91. The topological polar surface area (TPSA) is 68.3 Å². The maximum Gasteiger partial charge on any atom is 0.311 e. The molecule has 0 aliphatic carbocycles. The molecule has 5 nitrogen and oxygen atoms in total. The van der Waals surface area contributed by atoms with E-state index in [2.05, 4.69) is 10.3 Å². The lowest BCUT2D eigenvalue weighted by Gasteiger charge is -2.04. The Morgan fingerprint density at radius 2 is 2.19 bits per heavy atom. The van der Waals surface area contributed by atoms with E-state index in [1.807, 2.05) is 0 Å². The number of pyridine rings is 1. The van der Waals surface area contributed by atoms with Gasteiger partial charge in [0.1, 0.15) is 5.82 Å². The summed E-state index contributed by atoms with van der Waals surface area (Å²) in [7, 11) is 0. The molecule has 1 aromatic heterocycles. The number of hydrogen-bond donors (Lipinski definition) is 1. The second-order valence-electron chi connectivity index (χ2n) is 3.18. The van der Waals surface area contributed by atoms with E-state index in [9.17, 15) is 9.59 Å². The van der Waals surface area contributed by atoms with Crippen molar-refractivity contribution >= 4 is 17.7 Å². The summed E-state index contributed by atoms with van der Waals surface area (Å²) in [5.74, 6) is -0.0786. The fraction of sp³-hybridized carbons (Fsp3) is 0.364. The summed E-state index contributed by atoms with van der Waals surface area (Å²) < 4.78 is 4.80. The number of amides is 1. The number of nitrogens with one attached hydrogen (secondary N) is 1. The molecule has 1 amide bonds. The van der Waals surface area contributed by atoms with Crippen molar-refractivity contribution in [1.29, 1.82) is 0 Å². The van der Waals surface area contributed by atoms with Crippen molar-refractivity contribution in [3.8, 4) is 0 Å². The molecule has 0 radical (unpaired) electrons. The van der Waals surface area contributed by atoms with Crippen molar-refractivity contribution in [2.45, 2.75) is 20.3 Å². The predicted molar refractivity (Wildman–Crippen MR) is 58.9 cm³/mol. The Morgan fingerprint density at radius 1 is 1.44 bits per heavy atom. The van der Waals surface area contributed by atoms with Gasteiger partial charge >= 0.3 is 5.97 Å². The van der Waals surface area contributed by atoms with Crippen molar-refractivity contribution in [3.63, 3.8) is 0 Å². The van der Waals surface area contributed by atoms with Crippen LogP contribution in [0.2, 0.25) is 0 Å². The average Bonchev–Trinajstić information content (AvgIpc) is 2.17. The summed E-state index contributed by atoms with van der Waals surface area (Å²) in [4.78, 5) is 26.1. The second-order valence-corrected chi connectivity index (χ2v) is 3.18. The van der Waals surface area contributed by atoms with Gasteiger partial charge in [0.2, 0.25) is 5.91 Å². The van der Waals surface area contributed by atoms with Crippen molar-refractivity contribution < 1.29 is 14.3 Å². The minimum Gasteiger partial charge on any atom is -0.466 e. The first-order chi connectivity index (χ1) is 7.61. The van der Waals surface area contributed by atoms with Crippen molar-refractivity contribution in [2.75, 3.05) is 11.9 Å². The number of esters is 1. The van der Waals surface area contributed by atoms with Gasteiger partial charge in [-0.05, 0) is 19.1 Å². The van der Waals surface area contributed by atoms with Crippen LogP contribution in [0.5, 0.6) is 0 Å². The molecule has 0 aliphatic rings. The molecule has 0 fully saturated rings. The van der Waals surface area contributed by atoms with Gasteiger partial charge in [-0.3, -0.25) is 9.59 Å². The Kier molecular flexibility index (Phi) is 4.44. The zero-order chi connectivity index (χ0) is 12.0. The second kappa shape index (κ2) is 5.85. The lowest BCUT2D eigenvalue weighted by molar-refractivity contribution is -0.142. The minimum atomic E-state index is -0.324. The lowest BCUT2D eigenvalue weighted by Crippen LogP contribution is -2.11. The molecule has 16 heavy (non-hydrogen) atoms. The zero-order valence-corrected chi connectivity index (χ0v) is 9.32. The Morgan fingerprint density at radius 3 is 2.81 bits per heavy atom. The monoisotopic (exact) mass is 222 g/mol. The lowest BCUT2D eigenvalue weighted by atomic mass is 10.2. The smallest absolute Gasteiger partial charge is 0.311 e. The SMILES string of the molecule is CCOC(=O)Cc1cccc(NC(C)=O)n1. The van der Waals surface area contributed by atoms with E-state index in [-0.39, 0.29) is 18.3 Å². The van der Waals surface area contributed by atoms with Gasteiger partial charge < -0.3 is 10.1 Å². The number of aromatic nitrogens is 1. The summed E-state index contributed by atoms with van der Waals surface area (Å²) in [5.41, 5.74) is 0.574. The number of anilines is 1. The summed E-state index contributed by atoms with van der Waals surface area (Å²) in [5, 5.41) is 2.55. The minimum absolute atomic E-state index is 0.112. The molecular formula is C11H14N2O3. The molecular weight excluding hydrogens is 208 g/mol. The van der Waals surface area contributed by atoms with E-state index in [0.29, 0.717) is 18.1 Å². The van der Waals surface area contributed by atoms with Gasteiger partial charge in [-0.15, -0.1) is 0 Å². The predicted octanol–water partition coefficient (Wildman–Crippen LogP) is 1.15. The maximum atomic E-state index is 11.2. The molecule has 86 valence electrons. The molecule has 0 unspecified atom stereocenters. The van der Waals surface area contributed by atoms with Crippen LogP contribution in [-0.2, 0) is 20.7 Å². The highest BCUT2D eigenvalue weighted by molar-refractivity contribution is 5.87. The summed E-state index contributed by atoms with van der Waals surface area (Å²) >= 11 is 0. The standard InChI is InChI=1S/C11H14N2O3/c1-3-16-11(15)7-9-5-4-6-10(13-9)12-8(2)14/h4-6H,3,7H2,1-2H3,(H,12,13,14). The van der Waals surface area contributed by atoms with E-state index < -0.39 is 0 Å². The first kappa shape index (κ1) is 12.2. The highest BCUT2D eigenvalue weighted by atomic mass is 16.5. The molecule has 1 N–H and O–H groups in total. The van der Waals surface area contributed by atoms with E-state index >= 15 is 0 Å². The van der Waals surface area contributed by atoms with Gasteiger partial charge in [-0.25, -0.2) is 4.98 Å². The first-order valence-electron chi connectivity index (χ1n) is 5.01. The van der Waals surface area contributed by atoms with Crippen LogP contribution in [0.25, 0.3) is 0 Å². The summed E-state index contributed by atoms with van der Waals surface area (Å²) in [6.45, 7) is 3.50. The number of rotatable bonds is 4. The van der Waals surface area contributed by atoms with Gasteiger partial charge in [-0.1, -0.05) is 6.07 Å². The van der Waals surface area contributed by atoms with Gasteiger partial charge in [0.15, 0.2) is 0 Å². The van der Waals surface area contributed by atoms with Gasteiger partial charge in [0.05, 0.1) is 18.7 Å².